The van der Waals surface area contributed by atoms with E-state index >= 15 is 0 Å². The second kappa shape index (κ2) is 5.63. The smallest absolute Gasteiger partial charge is 0.0639 e. The summed E-state index contributed by atoms with van der Waals surface area (Å²) in [5.41, 5.74) is 1.35. The molecule has 17 heavy (non-hydrogen) atoms. The Bertz CT molecular complexity index is 339. The van der Waals surface area contributed by atoms with E-state index in [1.54, 1.807) is 0 Å². The van der Waals surface area contributed by atoms with Crippen molar-refractivity contribution in [2.45, 2.75) is 19.1 Å². The molecule has 1 saturated heterocycles. The van der Waals surface area contributed by atoms with Gasteiger partial charge in [0, 0.05) is 32.2 Å². The van der Waals surface area contributed by atoms with Crippen molar-refractivity contribution in [3.05, 3.63) is 35.9 Å². The van der Waals surface area contributed by atoms with Crippen molar-refractivity contribution in [1.29, 1.82) is 0 Å². The van der Waals surface area contributed by atoms with Gasteiger partial charge in [-0.15, -0.1) is 0 Å². The number of likely N-dealkylation sites (N-methyl/N-ethyl adjacent to an activating group) is 1. The summed E-state index contributed by atoms with van der Waals surface area (Å²) in [5.74, 6) is 0. The molecule has 0 aliphatic carbocycles. The molecule has 0 radical (unpaired) electrons. The van der Waals surface area contributed by atoms with Crippen molar-refractivity contribution >= 4 is 0 Å². The molecule has 1 unspecified atom stereocenters. The van der Waals surface area contributed by atoms with Gasteiger partial charge in [0.2, 0.25) is 0 Å². The zero-order chi connectivity index (χ0) is 12.3. The number of hydrogen-bond acceptors (Lipinski definition) is 3. The lowest BCUT2D eigenvalue weighted by molar-refractivity contribution is 0.0468. The molecule has 0 saturated carbocycles. The molecule has 0 bridgehead atoms. The molecular weight excluding hydrogens is 212 g/mol. The largest absolute Gasteiger partial charge is 0.392 e. The molecule has 2 atom stereocenters. The number of piperazine rings is 1. The zero-order valence-corrected chi connectivity index (χ0v) is 10.7. The summed E-state index contributed by atoms with van der Waals surface area (Å²) in [6.45, 7) is 5.77. The summed E-state index contributed by atoms with van der Waals surface area (Å²) in [6, 6.07) is 11.0. The Kier molecular flexibility index (Phi) is 4.15. The zero-order valence-electron chi connectivity index (χ0n) is 10.7. The standard InChI is InChI=1S/C14H22N2O/c1-12(17)10-16-9-8-15(2)11-14(16)13-6-4-3-5-7-13/h3-7,12,14,17H,8-11H2,1-2H3/t12-,14?/m1/s1. The average molecular weight is 234 g/mol. The minimum absolute atomic E-state index is 0.260. The van der Waals surface area contributed by atoms with Gasteiger partial charge in [0.25, 0.3) is 0 Å². The number of rotatable bonds is 3. The molecule has 3 heteroatoms. The van der Waals surface area contributed by atoms with Crippen LogP contribution in [0.25, 0.3) is 0 Å². The third-order valence-corrected chi connectivity index (χ3v) is 3.38. The Labute approximate surface area is 104 Å². The summed E-state index contributed by atoms with van der Waals surface area (Å²) in [6.07, 6.45) is -0.260. The van der Waals surface area contributed by atoms with Crippen LogP contribution in [0.3, 0.4) is 0 Å². The number of hydrogen-bond donors (Lipinski definition) is 1. The van der Waals surface area contributed by atoms with Gasteiger partial charge in [-0.3, -0.25) is 4.90 Å². The van der Waals surface area contributed by atoms with Crippen molar-refractivity contribution < 1.29 is 5.11 Å². The normalized spacial score (nSPS) is 24.8. The molecule has 1 aliphatic heterocycles. The molecule has 94 valence electrons. The van der Waals surface area contributed by atoms with E-state index in [1.165, 1.54) is 5.56 Å². The van der Waals surface area contributed by atoms with E-state index in [-0.39, 0.29) is 6.10 Å². The molecule has 1 fully saturated rings. The van der Waals surface area contributed by atoms with Crippen LogP contribution in [0.2, 0.25) is 0 Å². The fourth-order valence-electron chi connectivity index (χ4n) is 2.51. The fraction of sp³-hybridized carbons (Fsp3) is 0.571. The van der Waals surface area contributed by atoms with Gasteiger partial charge in [-0.1, -0.05) is 30.3 Å². The van der Waals surface area contributed by atoms with Gasteiger partial charge in [-0.2, -0.15) is 0 Å². The molecule has 1 N–H and O–H groups in total. The Hall–Kier alpha value is -0.900. The molecule has 0 spiro atoms. The van der Waals surface area contributed by atoms with E-state index in [0.717, 1.165) is 26.2 Å². The third kappa shape index (κ3) is 3.28. The predicted octanol–water partition coefficient (Wildman–Crippen LogP) is 1.36. The molecule has 0 aromatic heterocycles. The second-order valence-corrected chi connectivity index (χ2v) is 5.03. The van der Waals surface area contributed by atoms with Crippen LogP contribution < -0.4 is 0 Å². The highest BCUT2D eigenvalue weighted by Crippen LogP contribution is 2.24. The molecule has 3 nitrogen and oxygen atoms in total. The maximum Gasteiger partial charge on any atom is 0.0639 e. The van der Waals surface area contributed by atoms with Gasteiger partial charge in [0.15, 0.2) is 0 Å². The Morgan fingerprint density at radius 3 is 2.65 bits per heavy atom. The van der Waals surface area contributed by atoms with Crippen LogP contribution in [0.15, 0.2) is 30.3 Å². The van der Waals surface area contributed by atoms with E-state index in [2.05, 4.69) is 47.2 Å². The van der Waals surface area contributed by atoms with Crippen molar-refractivity contribution in [3.8, 4) is 0 Å². The predicted molar refractivity (Wildman–Crippen MR) is 69.9 cm³/mol. The molecule has 2 rings (SSSR count). The first-order chi connectivity index (χ1) is 8.16. The highest BCUT2D eigenvalue weighted by molar-refractivity contribution is 5.20. The van der Waals surface area contributed by atoms with Crippen LogP contribution >= 0.6 is 0 Å². The van der Waals surface area contributed by atoms with Crippen LogP contribution in [0.5, 0.6) is 0 Å². The van der Waals surface area contributed by atoms with Gasteiger partial charge >= 0.3 is 0 Å². The van der Waals surface area contributed by atoms with E-state index in [0.29, 0.717) is 6.04 Å². The fourth-order valence-corrected chi connectivity index (χ4v) is 2.51. The number of benzene rings is 1. The monoisotopic (exact) mass is 234 g/mol. The van der Waals surface area contributed by atoms with Gasteiger partial charge in [-0.05, 0) is 19.5 Å². The number of nitrogens with zero attached hydrogens (tertiary/aromatic N) is 2. The topological polar surface area (TPSA) is 26.7 Å². The van der Waals surface area contributed by atoms with Crippen LogP contribution in [-0.4, -0.2) is 54.2 Å². The van der Waals surface area contributed by atoms with Gasteiger partial charge in [0.05, 0.1) is 6.10 Å². The molecular formula is C14H22N2O. The Balaban J connectivity index is 2.14. The average Bonchev–Trinajstić information content (AvgIpc) is 2.32. The molecule has 1 aliphatic rings. The number of aliphatic hydroxyl groups excluding tert-OH is 1. The van der Waals surface area contributed by atoms with Crippen molar-refractivity contribution in [2.24, 2.45) is 0 Å². The van der Waals surface area contributed by atoms with Gasteiger partial charge in [-0.25, -0.2) is 0 Å². The van der Waals surface area contributed by atoms with Crippen LogP contribution in [0.4, 0.5) is 0 Å². The number of β-amino-alcohol motifs (C(OH)–C–C–N with tert-alkyl or cyclic N) is 1. The van der Waals surface area contributed by atoms with Crippen LogP contribution in [-0.2, 0) is 0 Å². The Morgan fingerprint density at radius 1 is 1.29 bits per heavy atom. The summed E-state index contributed by atoms with van der Waals surface area (Å²) in [5, 5.41) is 9.58. The Morgan fingerprint density at radius 2 is 2.00 bits per heavy atom. The first-order valence-corrected chi connectivity index (χ1v) is 6.32. The van der Waals surface area contributed by atoms with E-state index in [4.69, 9.17) is 0 Å². The minimum atomic E-state index is -0.260. The highest BCUT2D eigenvalue weighted by Gasteiger charge is 2.26. The SMILES string of the molecule is C[C@@H](O)CN1CCN(C)CC1c1ccccc1. The van der Waals surface area contributed by atoms with E-state index in [1.807, 2.05) is 6.92 Å². The molecule has 1 aromatic rings. The maximum atomic E-state index is 9.58. The highest BCUT2D eigenvalue weighted by atomic mass is 16.3. The van der Waals surface area contributed by atoms with E-state index in [9.17, 15) is 5.11 Å². The molecule has 1 heterocycles. The van der Waals surface area contributed by atoms with E-state index < -0.39 is 0 Å². The van der Waals surface area contributed by atoms with Crippen LogP contribution in [0.1, 0.15) is 18.5 Å². The summed E-state index contributed by atoms with van der Waals surface area (Å²) < 4.78 is 0. The number of aliphatic hydroxyl groups is 1. The summed E-state index contributed by atoms with van der Waals surface area (Å²) in [4.78, 5) is 4.75. The minimum Gasteiger partial charge on any atom is -0.392 e. The third-order valence-electron chi connectivity index (χ3n) is 3.38. The van der Waals surface area contributed by atoms with Crippen molar-refractivity contribution in [1.82, 2.24) is 9.80 Å². The summed E-state index contributed by atoms with van der Waals surface area (Å²) >= 11 is 0. The first kappa shape index (κ1) is 12.6. The van der Waals surface area contributed by atoms with Crippen LogP contribution in [0, 0.1) is 0 Å². The lowest BCUT2D eigenvalue weighted by Gasteiger charge is -2.40. The van der Waals surface area contributed by atoms with Gasteiger partial charge in [0.1, 0.15) is 0 Å². The molecule has 1 aromatic carbocycles. The lowest BCUT2D eigenvalue weighted by atomic mass is 10.0. The molecule has 0 amide bonds. The van der Waals surface area contributed by atoms with Gasteiger partial charge < -0.3 is 10.0 Å². The second-order valence-electron chi connectivity index (χ2n) is 5.03. The maximum absolute atomic E-state index is 9.58. The first-order valence-electron chi connectivity index (χ1n) is 6.32. The lowest BCUT2D eigenvalue weighted by Crippen LogP contribution is -2.48. The van der Waals surface area contributed by atoms with Crippen molar-refractivity contribution in [3.63, 3.8) is 0 Å². The quantitative estimate of drug-likeness (QED) is 0.855. The van der Waals surface area contributed by atoms with Crippen molar-refractivity contribution in [2.75, 3.05) is 33.2 Å². The summed E-state index contributed by atoms with van der Waals surface area (Å²) in [7, 11) is 2.16.